The molecule has 90 valence electrons. The van der Waals surface area contributed by atoms with Crippen LogP contribution in [0.1, 0.15) is 5.56 Å². The maximum atomic E-state index is 12.9. The summed E-state index contributed by atoms with van der Waals surface area (Å²) in [5, 5.41) is 1.69. The van der Waals surface area contributed by atoms with Gasteiger partial charge >= 0.3 is 0 Å². The summed E-state index contributed by atoms with van der Waals surface area (Å²) in [4.78, 5) is 0. The molecular formula is C11H10FNO2S2. The average molecular weight is 271 g/mol. The Morgan fingerprint density at radius 2 is 2.06 bits per heavy atom. The molecule has 0 unspecified atom stereocenters. The first kappa shape index (κ1) is 12.2. The van der Waals surface area contributed by atoms with E-state index in [2.05, 4.69) is 4.72 Å². The molecule has 0 spiro atoms. The van der Waals surface area contributed by atoms with Gasteiger partial charge < -0.3 is 0 Å². The summed E-state index contributed by atoms with van der Waals surface area (Å²) in [6, 6.07) is 9.03. The van der Waals surface area contributed by atoms with Crippen LogP contribution in [-0.4, -0.2) is 8.42 Å². The first-order valence-electron chi connectivity index (χ1n) is 4.85. The van der Waals surface area contributed by atoms with Gasteiger partial charge in [0.25, 0.3) is 0 Å². The van der Waals surface area contributed by atoms with Gasteiger partial charge in [0.1, 0.15) is 10.0 Å². The molecule has 0 aliphatic carbocycles. The number of hydrogen-bond donors (Lipinski definition) is 1. The third kappa shape index (κ3) is 3.12. The number of hydrogen-bond acceptors (Lipinski definition) is 3. The fourth-order valence-electron chi connectivity index (χ4n) is 1.31. The summed E-state index contributed by atoms with van der Waals surface area (Å²) in [6.45, 7) is 0.0813. The summed E-state index contributed by atoms with van der Waals surface area (Å²) < 4.78 is 39.1. The monoisotopic (exact) mass is 271 g/mol. The van der Waals surface area contributed by atoms with Gasteiger partial charge in [0.15, 0.2) is 0 Å². The molecule has 3 nitrogen and oxygen atoms in total. The molecule has 0 amide bonds. The molecule has 1 N–H and O–H groups in total. The molecule has 17 heavy (non-hydrogen) atoms. The predicted octanol–water partition coefficient (Wildman–Crippen LogP) is 2.37. The number of thiophene rings is 1. The Morgan fingerprint density at radius 3 is 2.71 bits per heavy atom. The van der Waals surface area contributed by atoms with Crippen LogP contribution in [0.15, 0.2) is 46.0 Å². The zero-order chi connectivity index (χ0) is 12.3. The second-order valence-corrected chi connectivity index (χ2v) is 6.33. The van der Waals surface area contributed by atoms with Crippen LogP contribution in [0.5, 0.6) is 0 Å². The van der Waals surface area contributed by atoms with Crippen LogP contribution in [0.3, 0.4) is 0 Å². The van der Waals surface area contributed by atoms with Crippen LogP contribution in [0.4, 0.5) is 4.39 Å². The smallest absolute Gasteiger partial charge is 0.207 e. The van der Waals surface area contributed by atoms with Crippen molar-refractivity contribution in [2.75, 3.05) is 0 Å². The van der Waals surface area contributed by atoms with Gasteiger partial charge in [-0.3, -0.25) is 0 Å². The minimum absolute atomic E-state index is 0.0813. The van der Waals surface area contributed by atoms with E-state index in [1.807, 2.05) is 0 Å². The Balaban J connectivity index is 2.08. The second kappa shape index (κ2) is 4.95. The fraction of sp³-hybridized carbons (Fsp3) is 0.0909. The highest BCUT2D eigenvalue weighted by molar-refractivity contribution is 7.91. The van der Waals surface area contributed by atoms with Crippen LogP contribution in [0, 0.1) is 5.82 Å². The molecule has 1 aromatic carbocycles. The molecule has 0 saturated heterocycles. The summed E-state index contributed by atoms with van der Waals surface area (Å²) in [5.41, 5.74) is 0.588. The van der Waals surface area contributed by atoms with E-state index in [1.54, 1.807) is 23.6 Å². The fourth-order valence-corrected chi connectivity index (χ4v) is 3.37. The van der Waals surface area contributed by atoms with Crippen molar-refractivity contribution >= 4 is 21.4 Å². The third-order valence-corrected chi connectivity index (χ3v) is 4.91. The Labute approximate surface area is 103 Å². The maximum Gasteiger partial charge on any atom is 0.250 e. The summed E-state index contributed by atoms with van der Waals surface area (Å²) in [7, 11) is -3.48. The number of halogens is 1. The molecule has 0 saturated carbocycles. The quantitative estimate of drug-likeness (QED) is 0.928. The molecule has 6 heteroatoms. The summed E-state index contributed by atoms with van der Waals surface area (Å²) in [5.74, 6) is -0.377. The van der Waals surface area contributed by atoms with Crippen molar-refractivity contribution in [2.24, 2.45) is 0 Å². The lowest BCUT2D eigenvalue weighted by atomic mass is 10.2. The highest BCUT2D eigenvalue weighted by Crippen LogP contribution is 2.15. The van der Waals surface area contributed by atoms with Crippen LogP contribution in [0.25, 0.3) is 0 Å². The van der Waals surface area contributed by atoms with Crippen molar-refractivity contribution in [3.63, 3.8) is 0 Å². The molecule has 0 aliphatic heterocycles. The van der Waals surface area contributed by atoms with Gasteiger partial charge in [0.05, 0.1) is 0 Å². The van der Waals surface area contributed by atoms with Crippen LogP contribution >= 0.6 is 11.3 Å². The van der Waals surface area contributed by atoms with Crippen molar-refractivity contribution in [1.29, 1.82) is 0 Å². The third-order valence-electron chi connectivity index (χ3n) is 2.12. The van der Waals surface area contributed by atoms with Crippen LogP contribution in [-0.2, 0) is 16.6 Å². The minimum atomic E-state index is -3.48. The number of nitrogens with one attached hydrogen (secondary N) is 1. The SMILES string of the molecule is O=S(=O)(NCc1cccc(F)c1)c1cccs1. The van der Waals surface area contributed by atoms with Crippen molar-refractivity contribution in [2.45, 2.75) is 10.8 Å². The Hall–Kier alpha value is -1.24. The first-order valence-corrected chi connectivity index (χ1v) is 7.22. The van der Waals surface area contributed by atoms with Crippen LogP contribution in [0.2, 0.25) is 0 Å². The molecule has 2 rings (SSSR count). The van der Waals surface area contributed by atoms with E-state index in [4.69, 9.17) is 0 Å². The molecular weight excluding hydrogens is 261 g/mol. The lowest BCUT2D eigenvalue weighted by Gasteiger charge is -2.04. The predicted molar refractivity (Wildman–Crippen MR) is 64.7 cm³/mol. The minimum Gasteiger partial charge on any atom is -0.207 e. The Kier molecular flexibility index (Phi) is 3.56. The number of rotatable bonds is 4. The number of benzene rings is 1. The zero-order valence-corrected chi connectivity index (χ0v) is 10.4. The molecule has 0 aliphatic rings. The van der Waals surface area contributed by atoms with Crippen molar-refractivity contribution < 1.29 is 12.8 Å². The van der Waals surface area contributed by atoms with Crippen LogP contribution < -0.4 is 4.72 Å². The van der Waals surface area contributed by atoms with Crippen molar-refractivity contribution in [3.8, 4) is 0 Å². The van der Waals surface area contributed by atoms with Gasteiger partial charge in [-0.2, -0.15) is 0 Å². The van der Waals surface area contributed by atoms with Gasteiger partial charge in [-0.05, 0) is 29.1 Å². The van der Waals surface area contributed by atoms with Crippen molar-refractivity contribution in [1.82, 2.24) is 4.72 Å². The molecule has 2 aromatic rings. The summed E-state index contributed by atoms with van der Waals surface area (Å²) in [6.07, 6.45) is 0. The van der Waals surface area contributed by atoms with Gasteiger partial charge in [0, 0.05) is 6.54 Å². The van der Waals surface area contributed by atoms with Crippen molar-refractivity contribution in [3.05, 3.63) is 53.2 Å². The van der Waals surface area contributed by atoms with Gasteiger partial charge in [-0.15, -0.1) is 11.3 Å². The van der Waals surface area contributed by atoms with E-state index < -0.39 is 10.0 Å². The lowest BCUT2D eigenvalue weighted by molar-refractivity contribution is 0.582. The highest BCUT2D eigenvalue weighted by atomic mass is 32.2. The standard InChI is InChI=1S/C11H10FNO2S2/c12-10-4-1-3-9(7-10)8-13-17(14,15)11-5-2-6-16-11/h1-7,13H,8H2. The molecule has 0 fully saturated rings. The van der Waals surface area contributed by atoms with E-state index in [-0.39, 0.29) is 16.6 Å². The highest BCUT2D eigenvalue weighted by Gasteiger charge is 2.14. The molecule has 1 heterocycles. The van der Waals surface area contributed by atoms with E-state index in [0.717, 1.165) is 11.3 Å². The largest absolute Gasteiger partial charge is 0.250 e. The first-order chi connectivity index (χ1) is 8.08. The number of sulfonamides is 1. The van der Waals surface area contributed by atoms with E-state index in [9.17, 15) is 12.8 Å². The molecule has 0 radical (unpaired) electrons. The van der Waals surface area contributed by atoms with Gasteiger partial charge in [-0.1, -0.05) is 18.2 Å². The Bertz CT molecular complexity index is 594. The normalized spacial score (nSPS) is 11.6. The van der Waals surface area contributed by atoms with E-state index in [1.165, 1.54) is 18.2 Å². The topological polar surface area (TPSA) is 46.2 Å². The Morgan fingerprint density at radius 1 is 1.24 bits per heavy atom. The maximum absolute atomic E-state index is 12.9. The average Bonchev–Trinajstić information content (AvgIpc) is 2.81. The molecule has 1 aromatic heterocycles. The van der Waals surface area contributed by atoms with E-state index >= 15 is 0 Å². The molecule has 0 bridgehead atoms. The summed E-state index contributed by atoms with van der Waals surface area (Å²) >= 11 is 1.14. The second-order valence-electron chi connectivity index (χ2n) is 3.39. The molecule has 0 atom stereocenters. The van der Waals surface area contributed by atoms with E-state index in [0.29, 0.717) is 5.56 Å². The van der Waals surface area contributed by atoms with Gasteiger partial charge in [0.2, 0.25) is 10.0 Å². The van der Waals surface area contributed by atoms with Gasteiger partial charge in [-0.25, -0.2) is 17.5 Å². The zero-order valence-electron chi connectivity index (χ0n) is 8.76. The lowest BCUT2D eigenvalue weighted by Crippen LogP contribution is -2.22.